The molecular formula is C14H12FN5O2S. The second-order valence-corrected chi connectivity index (χ2v) is 6.14. The summed E-state index contributed by atoms with van der Waals surface area (Å²) in [6.45, 7) is 1.61. The van der Waals surface area contributed by atoms with Crippen molar-refractivity contribution in [1.29, 1.82) is 0 Å². The van der Waals surface area contributed by atoms with E-state index < -0.39 is 22.5 Å². The summed E-state index contributed by atoms with van der Waals surface area (Å²) in [6.07, 6.45) is 1.36. The number of nitrogens with zero attached hydrogens (tertiary/aromatic N) is 3. The Labute approximate surface area is 133 Å². The van der Waals surface area contributed by atoms with Crippen molar-refractivity contribution in [2.45, 2.75) is 17.3 Å². The first-order valence-electron chi connectivity index (χ1n) is 6.65. The average molecular weight is 333 g/mol. The average Bonchev–Trinajstić information content (AvgIpc) is 2.91. The molecule has 7 nitrogen and oxygen atoms in total. The largest absolute Gasteiger partial charge is 0.369 e. The molecule has 3 rings (SSSR count). The van der Waals surface area contributed by atoms with Gasteiger partial charge in [-0.2, -0.15) is 5.10 Å². The molecule has 0 radical (unpaired) electrons. The van der Waals surface area contributed by atoms with Crippen LogP contribution in [0, 0.1) is 5.82 Å². The molecule has 2 aromatic heterocycles. The van der Waals surface area contributed by atoms with E-state index in [1.807, 2.05) is 0 Å². The minimum atomic E-state index is -0.554. The molecule has 3 N–H and O–H groups in total. The summed E-state index contributed by atoms with van der Waals surface area (Å²) in [6, 6.07) is 5.78. The fraction of sp³-hybridized carbons (Fsp3) is 0.143. The molecule has 0 aliphatic heterocycles. The van der Waals surface area contributed by atoms with Crippen LogP contribution in [0.25, 0.3) is 16.7 Å². The number of carbonyl (C=O) groups is 1. The number of hydrogen-bond acceptors (Lipinski definition) is 5. The van der Waals surface area contributed by atoms with Gasteiger partial charge in [-0.05, 0) is 25.1 Å². The lowest BCUT2D eigenvalue weighted by Crippen LogP contribution is -2.23. The van der Waals surface area contributed by atoms with E-state index in [9.17, 15) is 14.0 Å². The zero-order valence-electron chi connectivity index (χ0n) is 12.0. The smallest absolute Gasteiger partial charge is 0.262 e. The number of aromatic amines is 1. The van der Waals surface area contributed by atoms with Crippen LogP contribution >= 0.6 is 11.8 Å². The number of nitrogens with one attached hydrogen (secondary N) is 1. The van der Waals surface area contributed by atoms with E-state index in [0.717, 1.165) is 11.8 Å². The van der Waals surface area contributed by atoms with Crippen molar-refractivity contribution in [3.63, 3.8) is 0 Å². The maximum atomic E-state index is 13.4. The van der Waals surface area contributed by atoms with Gasteiger partial charge in [0.2, 0.25) is 5.91 Å². The number of benzene rings is 1. The molecule has 1 atom stereocenters. The number of halogens is 1. The Kier molecular flexibility index (Phi) is 3.87. The van der Waals surface area contributed by atoms with Crippen LogP contribution in [0.5, 0.6) is 0 Å². The Balaban J connectivity index is 2.13. The molecule has 1 unspecified atom stereocenters. The van der Waals surface area contributed by atoms with Gasteiger partial charge in [-0.15, -0.1) is 0 Å². The summed E-state index contributed by atoms with van der Waals surface area (Å²) < 4.78 is 14.8. The van der Waals surface area contributed by atoms with E-state index in [-0.39, 0.29) is 16.2 Å². The van der Waals surface area contributed by atoms with E-state index >= 15 is 0 Å². The monoisotopic (exact) mass is 333 g/mol. The molecule has 2 heterocycles. The Bertz CT molecular complexity index is 952. The van der Waals surface area contributed by atoms with Gasteiger partial charge in [0.25, 0.3) is 5.56 Å². The Morgan fingerprint density at radius 1 is 1.48 bits per heavy atom. The highest BCUT2D eigenvalue weighted by molar-refractivity contribution is 8.00. The third kappa shape index (κ3) is 2.95. The molecule has 118 valence electrons. The molecule has 0 saturated carbocycles. The summed E-state index contributed by atoms with van der Waals surface area (Å²) in [5.74, 6) is -0.940. The fourth-order valence-electron chi connectivity index (χ4n) is 1.98. The summed E-state index contributed by atoms with van der Waals surface area (Å²) >= 11 is 1.03. The first-order valence-corrected chi connectivity index (χ1v) is 7.53. The van der Waals surface area contributed by atoms with Crippen molar-refractivity contribution in [2.24, 2.45) is 5.73 Å². The zero-order chi connectivity index (χ0) is 16.6. The van der Waals surface area contributed by atoms with Crippen LogP contribution in [-0.4, -0.2) is 30.9 Å². The molecule has 0 aliphatic carbocycles. The van der Waals surface area contributed by atoms with Crippen molar-refractivity contribution in [3.05, 3.63) is 46.6 Å². The third-order valence-electron chi connectivity index (χ3n) is 3.16. The molecular weight excluding hydrogens is 321 g/mol. The van der Waals surface area contributed by atoms with Crippen LogP contribution < -0.4 is 11.3 Å². The van der Waals surface area contributed by atoms with Crippen LogP contribution in [0.3, 0.4) is 0 Å². The molecule has 0 aliphatic rings. The predicted molar refractivity (Wildman–Crippen MR) is 84.0 cm³/mol. The standard InChI is InChI=1S/C14H12FN5O2S/c1-7(11(16)21)23-14-18-12-10(13(22)19-14)6-17-20(12)9-4-2-3-8(15)5-9/h2-7H,1H3,(H2,16,21)(H,18,19,22). The van der Waals surface area contributed by atoms with Crippen molar-refractivity contribution < 1.29 is 9.18 Å². The third-order valence-corrected chi connectivity index (χ3v) is 4.16. The van der Waals surface area contributed by atoms with Crippen molar-refractivity contribution in [3.8, 4) is 5.69 Å². The summed E-state index contributed by atoms with van der Waals surface area (Å²) in [7, 11) is 0. The predicted octanol–water partition coefficient (Wildman–Crippen LogP) is 1.21. The number of H-pyrrole nitrogens is 1. The van der Waals surface area contributed by atoms with E-state index in [0.29, 0.717) is 5.69 Å². The normalized spacial score (nSPS) is 12.4. The molecule has 1 aromatic carbocycles. The quantitative estimate of drug-likeness (QED) is 0.551. The van der Waals surface area contributed by atoms with Crippen LogP contribution in [0.15, 0.2) is 40.4 Å². The highest BCUT2D eigenvalue weighted by atomic mass is 32.2. The van der Waals surface area contributed by atoms with Crippen molar-refractivity contribution >= 4 is 28.7 Å². The van der Waals surface area contributed by atoms with Gasteiger partial charge in [-0.1, -0.05) is 17.8 Å². The lowest BCUT2D eigenvalue weighted by atomic mass is 10.3. The second kappa shape index (κ2) is 5.84. The van der Waals surface area contributed by atoms with Crippen molar-refractivity contribution in [2.75, 3.05) is 0 Å². The minimum absolute atomic E-state index is 0.243. The molecule has 23 heavy (non-hydrogen) atoms. The second-order valence-electron chi connectivity index (χ2n) is 4.81. The number of primary amides is 1. The number of thioether (sulfide) groups is 1. The van der Waals surface area contributed by atoms with E-state index in [4.69, 9.17) is 5.73 Å². The topological polar surface area (TPSA) is 107 Å². The molecule has 0 fully saturated rings. The van der Waals surface area contributed by atoms with E-state index in [1.54, 1.807) is 13.0 Å². The number of aromatic nitrogens is 4. The summed E-state index contributed by atoms with van der Waals surface area (Å²) in [5.41, 5.74) is 5.54. The number of fused-ring (bicyclic) bond motifs is 1. The highest BCUT2D eigenvalue weighted by Crippen LogP contribution is 2.21. The highest BCUT2D eigenvalue weighted by Gasteiger charge is 2.16. The van der Waals surface area contributed by atoms with Crippen LogP contribution in [0.2, 0.25) is 0 Å². The minimum Gasteiger partial charge on any atom is -0.369 e. The number of rotatable bonds is 4. The van der Waals surface area contributed by atoms with Crippen molar-refractivity contribution in [1.82, 2.24) is 19.7 Å². The zero-order valence-corrected chi connectivity index (χ0v) is 12.8. The first kappa shape index (κ1) is 15.2. The molecule has 9 heteroatoms. The maximum absolute atomic E-state index is 13.4. The van der Waals surface area contributed by atoms with Gasteiger partial charge >= 0.3 is 0 Å². The van der Waals surface area contributed by atoms with E-state index in [1.165, 1.54) is 29.1 Å². The lowest BCUT2D eigenvalue weighted by Gasteiger charge is -2.07. The fourth-order valence-corrected chi connectivity index (χ4v) is 2.72. The number of amides is 1. The van der Waals surface area contributed by atoms with Gasteiger partial charge in [0.15, 0.2) is 10.8 Å². The molecule has 0 bridgehead atoms. The van der Waals surface area contributed by atoms with Gasteiger partial charge < -0.3 is 10.7 Å². The van der Waals surface area contributed by atoms with Gasteiger partial charge in [-0.3, -0.25) is 9.59 Å². The van der Waals surface area contributed by atoms with Gasteiger partial charge in [0.1, 0.15) is 11.2 Å². The number of hydrogen-bond donors (Lipinski definition) is 2. The molecule has 3 aromatic rings. The molecule has 0 saturated heterocycles. The van der Waals surface area contributed by atoms with Gasteiger partial charge in [0.05, 0.1) is 17.1 Å². The maximum Gasteiger partial charge on any atom is 0.262 e. The van der Waals surface area contributed by atoms with E-state index in [2.05, 4.69) is 15.1 Å². The lowest BCUT2D eigenvalue weighted by molar-refractivity contribution is -0.117. The Morgan fingerprint density at radius 2 is 2.26 bits per heavy atom. The Morgan fingerprint density at radius 3 is 2.96 bits per heavy atom. The SMILES string of the molecule is CC(Sc1nc2c(cnn2-c2cccc(F)c2)c(=O)[nH]1)C(N)=O. The molecule has 1 amide bonds. The molecule has 0 spiro atoms. The van der Waals surface area contributed by atoms with Crippen LogP contribution in [0.1, 0.15) is 6.92 Å². The number of carbonyl (C=O) groups excluding carboxylic acids is 1. The van der Waals surface area contributed by atoms with Crippen LogP contribution in [-0.2, 0) is 4.79 Å². The summed E-state index contributed by atoms with van der Waals surface area (Å²) in [5, 5.41) is 4.05. The van der Waals surface area contributed by atoms with Gasteiger partial charge in [-0.25, -0.2) is 14.1 Å². The van der Waals surface area contributed by atoms with Gasteiger partial charge in [0, 0.05) is 0 Å². The Hall–Kier alpha value is -2.68. The first-order chi connectivity index (χ1) is 11.0. The number of nitrogens with two attached hydrogens (primary N) is 1. The summed E-state index contributed by atoms with van der Waals surface area (Å²) in [4.78, 5) is 30.1. The van der Waals surface area contributed by atoms with Crippen LogP contribution in [0.4, 0.5) is 4.39 Å².